The summed E-state index contributed by atoms with van der Waals surface area (Å²) in [6.07, 6.45) is 1.94. The van der Waals surface area contributed by atoms with E-state index in [1.807, 2.05) is 6.92 Å². The van der Waals surface area contributed by atoms with Gasteiger partial charge >= 0.3 is 6.03 Å². The first-order valence-corrected chi connectivity index (χ1v) is 6.14. The Bertz CT molecular complexity index is 397. The lowest BCUT2D eigenvalue weighted by atomic mass is 10.3. The van der Waals surface area contributed by atoms with Crippen LogP contribution in [0.15, 0.2) is 18.2 Å². The van der Waals surface area contributed by atoms with Gasteiger partial charge in [-0.05, 0) is 25.5 Å². The summed E-state index contributed by atoms with van der Waals surface area (Å²) >= 11 is 0. The number of anilines is 1. The van der Waals surface area contributed by atoms with Gasteiger partial charge in [0.25, 0.3) is 0 Å². The quantitative estimate of drug-likeness (QED) is 0.766. The molecule has 1 rings (SSSR count). The van der Waals surface area contributed by atoms with Gasteiger partial charge in [0, 0.05) is 12.6 Å². The molecule has 0 heterocycles. The van der Waals surface area contributed by atoms with Gasteiger partial charge in [0.15, 0.2) is 0 Å². The number of carbonyl (C=O) groups is 1. The minimum atomic E-state index is -0.393. The van der Waals surface area contributed by atoms with E-state index < -0.39 is 5.82 Å². The summed E-state index contributed by atoms with van der Waals surface area (Å²) < 4.78 is 18.3. The van der Waals surface area contributed by atoms with E-state index in [0.717, 1.165) is 12.8 Å². The maximum atomic E-state index is 13.0. The summed E-state index contributed by atoms with van der Waals surface area (Å²) in [4.78, 5) is 11.6. The Morgan fingerprint density at radius 3 is 2.83 bits per heavy atom. The van der Waals surface area contributed by atoms with Gasteiger partial charge < -0.3 is 15.4 Å². The fourth-order valence-corrected chi connectivity index (χ4v) is 1.42. The second-order valence-corrected chi connectivity index (χ2v) is 3.81. The van der Waals surface area contributed by atoms with Crippen LogP contribution in [0.2, 0.25) is 0 Å². The first-order valence-electron chi connectivity index (χ1n) is 6.14. The van der Waals surface area contributed by atoms with Gasteiger partial charge in [0.1, 0.15) is 11.6 Å². The highest BCUT2D eigenvalue weighted by Gasteiger charge is 2.08. The molecule has 0 bridgehead atoms. The van der Waals surface area contributed by atoms with Gasteiger partial charge in [0.05, 0.1) is 12.3 Å². The van der Waals surface area contributed by atoms with Crippen molar-refractivity contribution < 1.29 is 13.9 Å². The van der Waals surface area contributed by atoms with E-state index in [1.54, 1.807) is 6.92 Å². The van der Waals surface area contributed by atoms with Crippen LogP contribution < -0.4 is 15.4 Å². The predicted molar refractivity (Wildman–Crippen MR) is 69.5 cm³/mol. The van der Waals surface area contributed by atoms with Crippen molar-refractivity contribution in [2.75, 3.05) is 18.5 Å². The topological polar surface area (TPSA) is 50.4 Å². The Balaban J connectivity index is 2.62. The molecule has 1 aromatic carbocycles. The summed E-state index contributed by atoms with van der Waals surface area (Å²) in [5.41, 5.74) is 0.465. The van der Waals surface area contributed by atoms with Crippen LogP contribution in [0.3, 0.4) is 0 Å². The van der Waals surface area contributed by atoms with Crippen molar-refractivity contribution in [1.29, 1.82) is 0 Å². The number of amides is 2. The molecule has 0 atom stereocenters. The summed E-state index contributed by atoms with van der Waals surface area (Å²) in [5.74, 6) is -0.0569. The maximum absolute atomic E-state index is 13.0. The summed E-state index contributed by atoms with van der Waals surface area (Å²) in [5, 5.41) is 5.36. The third-order valence-corrected chi connectivity index (χ3v) is 2.31. The Morgan fingerprint density at radius 2 is 2.17 bits per heavy atom. The highest BCUT2D eigenvalue weighted by Crippen LogP contribution is 2.25. The van der Waals surface area contributed by atoms with Gasteiger partial charge in [-0.15, -0.1) is 0 Å². The van der Waals surface area contributed by atoms with Crippen molar-refractivity contribution in [1.82, 2.24) is 5.32 Å². The van der Waals surface area contributed by atoms with Crippen molar-refractivity contribution >= 4 is 11.7 Å². The zero-order chi connectivity index (χ0) is 13.4. The lowest BCUT2D eigenvalue weighted by Gasteiger charge is -2.12. The molecule has 2 N–H and O–H groups in total. The number of carbonyl (C=O) groups excluding carboxylic acids is 1. The molecule has 0 aliphatic carbocycles. The van der Waals surface area contributed by atoms with Crippen LogP contribution in [0.25, 0.3) is 0 Å². The zero-order valence-electron chi connectivity index (χ0n) is 10.8. The van der Waals surface area contributed by atoms with Gasteiger partial charge in [-0.2, -0.15) is 0 Å². The Hall–Kier alpha value is -1.78. The molecule has 0 unspecified atom stereocenters. The van der Waals surface area contributed by atoms with Crippen molar-refractivity contribution in [2.45, 2.75) is 26.7 Å². The van der Waals surface area contributed by atoms with E-state index in [9.17, 15) is 9.18 Å². The van der Waals surface area contributed by atoms with E-state index in [1.165, 1.54) is 18.2 Å². The zero-order valence-corrected chi connectivity index (χ0v) is 10.8. The van der Waals surface area contributed by atoms with Crippen molar-refractivity contribution in [2.24, 2.45) is 0 Å². The van der Waals surface area contributed by atoms with E-state index in [-0.39, 0.29) is 6.03 Å². The minimum absolute atomic E-state index is 0.309. The van der Waals surface area contributed by atoms with Gasteiger partial charge in [0.2, 0.25) is 0 Å². The number of urea groups is 1. The molecule has 0 fully saturated rings. The second kappa shape index (κ2) is 7.53. The van der Waals surface area contributed by atoms with Gasteiger partial charge in [-0.3, -0.25) is 0 Å². The summed E-state index contributed by atoms with van der Waals surface area (Å²) in [6, 6.07) is 3.71. The molecular weight excluding hydrogens is 235 g/mol. The summed E-state index contributed by atoms with van der Waals surface area (Å²) in [7, 11) is 0. The predicted octanol–water partition coefficient (Wildman–Crippen LogP) is 3.15. The van der Waals surface area contributed by atoms with E-state index in [4.69, 9.17) is 4.74 Å². The largest absolute Gasteiger partial charge is 0.492 e. The molecule has 0 aromatic heterocycles. The number of ether oxygens (including phenoxy) is 1. The molecule has 0 radical (unpaired) electrons. The highest BCUT2D eigenvalue weighted by atomic mass is 19.1. The normalized spacial score (nSPS) is 9.94. The maximum Gasteiger partial charge on any atom is 0.319 e. The SMILES string of the molecule is CCCCNC(=O)Nc1ccc(F)cc1OCC. The molecule has 1 aromatic rings. The fourth-order valence-electron chi connectivity index (χ4n) is 1.42. The van der Waals surface area contributed by atoms with Crippen LogP contribution in [-0.4, -0.2) is 19.2 Å². The number of hydrogen-bond acceptors (Lipinski definition) is 2. The van der Waals surface area contributed by atoms with E-state index >= 15 is 0 Å². The van der Waals surface area contributed by atoms with Crippen molar-refractivity contribution in [3.8, 4) is 5.75 Å². The number of rotatable bonds is 6. The minimum Gasteiger partial charge on any atom is -0.492 e. The molecule has 4 nitrogen and oxygen atoms in total. The molecule has 0 saturated heterocycles. The molecule has 0 saturated carbocycles. The molecule has 0 aliphatic heterocycles. The lowest BCUT2D eigenvalue weighted by molar-refractivity contribution is 0.251. The van der Waals surface area contributed by atoms with Crippen LogP contribution >= 0.6 is 0 Å². The Kier molecular flexibility index (Phi) is 5.97. The van der Waals surface area contributed by atoms with Crippen LogP contribution in [0.4, 0.5) is 14.9 Å². The van der Waals surface area contributed by atoms with E-state index in [0.29, 0.717) is 24.6 Å². The van der Waals surface area contributed by atoms with Crippen LogP contribution in [0, 0.1) is 5.82 Å². The smallest absolute Gasteiger partial charge is 0.319 e. The molecule has 100 valence electrons. The van der Waals surface area contributed by atoms with Crippen molar-refractivity contribution in [3.05, 3.63) is 24.0 Å². The Labute approximate surface area is 107 Å². The third kappa shape index (κ3) is 4.61. The number of unbranched alkanes of at least 4 members (excludes halogenated alkanes) is 1. The van der Waals surface area contributed by atoms with Gasteiger partial charge in [-0.25, -0.2) is 9.18 Å². The molecule has 0 aliphatic rings. The number of benzene rings is 1. The Morgan fingerprint density at radius 1 is 1.39 bits per heavy atom. The molecular formula is C13H19FN2O2. The molecule has 0 spiro atoms. The first-order chi connectivity index (χ1) is 8.67. The average Bonchev–Trinajstić information content (AvgIpc) is 2.33. The number of hydrogen-bond donors (Lipinski definition) is 2. The highest BCUT2D eigenvalue weighted by molar-refractivity contribution is 5.90. The summed E-state index contributed by atoms with van der Waals surface area (Å²) in [6.45, 7) is 4.88. The van der Waals surface area contributed by atoms with Crippen LogP contribution in [-0.2, 0) is 0 Å². The van der Waals surface area contributed by atoms with Gasteiger partial charge in [-0.1, -0.05) is 13.3 Å². The molecule has 5 heteroatoms. The van der Waals surface area contributed by atoms with Crippen molar-refractivity contribution in [3.63, 3.8) is 0 Å². The first kappa shape index (κ1) is 14.3. The molecule has 2 amide bonds. The second-order valence-electron chi connectivity index (χ2n) is 3.81. The monoisotopic (exact) mass is 254 g/mol. The van der Waals surface area contributed by atoms with E-state index in [2.05, 4.69) is 10.6 Å². The fraction of sp³-hybridized carbons (Fsp3) is 0.462. The third-order valence-electron chi connectivity index (χ3n) is 2.31. The number of halogens is 1. The standard InChI is InChI=1S/C13H19FN2O2/c1-3-5-8-15-13(17)16-11-7-6-10(14)9-12(11)18-4-2/h6-7,9H,3-5,8H2,1-2H3,(H2,15,16,17). The average molecular weight is 254 g/mol. The van der Waals surface area contributed by atoms with Crippen LogP contribution in [0.1, 0.15) is 26.7 Å². The number of nitrogens with one attached hydrogen (secondary N) is 2. The lowest BCUT2D eigenvalue weighted by Crippen LogP contribution is -2.29. The van der Waals surface area contributed by atoms with Crippen LogP contribution in [0.5, 0.6) is 5.75 Å². The molecule has 18 heavy (non-hydrogen) atoms.